The molecule has 7 nitrogen and oxygen atoms in total. The van der Waals surface area contributed by atoms with Crippen molar-refractivity contribution in [2.24, 2.45) is 0 Å². The Bertz CT molecular complexity index is 1140. The molecule has 2 aromatic rings. The third-order valence-corrected chi connectivity index (χ3v) is 8.11. The van der Waals surface area contributed by atoms with Crippen LogP contribution in [0.3, 0.4) is 0 Å². The van der Waals surface area contributed by atoms with Crippen molar-refractivity contribution in [3.8, 4) is 12.3 Å². The Hall–Kier alpha value is -3.05. The monoisotopic (exact) mass is 491 g/mol. The van der Waals surface area contributed by atoms with Crippen molar-refractivity contribution in [1.29, 1.82) is 0 Å². The molecule has 1 aliphatic heterocycles. The zero-order chi connectivity index (χ0) is 24.8. The number of amides is 3. The van der Waals surface area contributed by atoms with E-state index in [-0.39, 0.29) is 17.2 Å². The first kappa shape index (κ1) is 25.1. The standard InChI is InChI=1S/C27H33N5O2S/c1-4-6-15-22-19(3)11-10-12-20(22)18-24-29-30-27(32(24)21-13-8-7-9-14-21)35-23(5-2)25(33)31-17-16-28-26(31)34/h1,6,10-12,15,21,23H,5,7-9,13-14,16-18H2,2-3H3,(H,28,34)/b15-6-/t23-/m1/s1. The summed E-state index contributed by atoms with van der Waals surface area (Å²) in [7, 11) is 0. The Morgan fingerprint density at radius 3 is 2.80 bits per heavy atom. The average molecular weight is 492 g/mol. The molecule has 0 spiro atoms. The molecule has 1 atom stereocenters. The minimum absolute atomic E-state index is 0.160. The lowest BCUT2D eigenvalue weighted by atomic mass is 9.94. The van der Waals surface area contributed by atoms with Gasteiger partial charge in [-0.1, -0.05) is 62.1 Å². The summed E-state index contributed by atoms with van der Waals surface area (Å²) in [5.41, 5.74) is 3.42. The number of urea groups is 1. The van der Waals surface area contributed by atoms with Crippen LogP contribution in [0.4, 0.5) is 4.79 Å². The molecule has 4 rings (SSSR count). The van der Waals surface area contributed by atoms with E-state index in [2.05, 4.69) is 51.1 Å². The molecule has 184 valence electrons. The number of imide groups is 1. The molecule has 0 radical (unpaired) electrons. The van der Waals surface area contributed by atoms with Gasteiger partial charge in [0.1, 0.15) is 5.82 Å². The summed E-state index contributed by atoms with van der Waals surface area (Å²) in [4.78, 5) is 26.5. The van der Waals surface area contributed by atoms with E-state index >= 15 is 0 Å². The fraction of sp³-hybridized carbons (Fsp3) is 0.481. The molecular formula is C27H33N5O2S. The van der Waals surface area contributed by atoms with Crippen LogP contribution >= 0.6 is 11.8 Å². The predicted octanol–water partition coefficient (Wildman–Crippen LogP) is 4.75. The topological polar surface area (TPSA) is 80.1 Å². The van der Waals surface area contributed by atoms with Gasteiger partial charge in [0.05, 0.1) is 5.25 Å². The highest BCUT2D eigenvalue weighted by molar-refractivity contribution is 8.00. The number of aryl methyl sites for hydroxylation is 1. The Morgan fingerprint density at radius 2 is 2.11 bits per heavy atom. The van der Waals surface area contributed by atoms with Crippen LogP contribution in [0.25, 0.3) is 6.08 Å². The molecule has 2 aliphatic rings. The SMILES string of the molecule is C#C/C=C\c1c(C)cccc1Cc1nnc(S[C@H](CC)C(=O)N2CCNC2=O)n1C1CCCCC1. The Balaban J connectivity index is 1.66. The van der Waals surface area contributed by atoms with Gasteiger partial charge in [0.15, 0.2) is 5.16 Å². The fourth-order valence-electron chi connectivity index (χ4n) is 4.94. The molecule has 1 aromatic heterocycles. The first-order valence-corrected chi connectivity index (χ1v) is 13.3. The Morgan fingerprint density at radius 1 is 1.31 bits per heavy atom. The maximum absolute atomic E-state index is 13.1. The van der Waals surface area contributed by atoms with Gasteiger partial charge in [-0.25, -0.2) is 4.79 Å². The van der Waals surface area contributed by atoms with Gasteiger partial charge in [0.2, 0.25) is 5.91 Å². The molecule has 0 bridgehead atoms. The van der Waals surface area contributed by atoms with E-state index in [9.17, 15) is 9.59 Å². The van der Waals surface area contributed by atoms with Gasteiger partial charge >= 0.3 is 6.03 Å². The summed E-state index contributed by atoms with van der Waals surface area (Å²) in [6, 6.07) is 6.25. The molecule has 1 aliphatic carbocycles. The van der Waals surface area contributed by atoms with Crippen molar-refractivity contribution in [2.75, 3.05) is 13.1 Å². The average Bonchev–Trinajstić information content (AvgIpc) is 3.48. The molecular weight excluding hydrogens is 458 g/mol. The van der Waals surface area contributed by atoms with Crippen LogP contribution in [0.2, 0.25) is 0 Å². The van der Waals surface area contributed by atoms with E-state index < -0.39 is 0 Å². The number of allylic oxidation sites excluding steroid dienone is 1. The van der Waals surface area contributed by atoms with E-state index in [1.165, 1.54) is 35.9 Å². The number of benzene rings is 1. The van der Waals surface area contributed by atoms with E-state index in [0.717, 1.165) is 40.5 Å². The molecule has 1 N–H and O–H groups in total. The molecule has 3 amide bonds. The molecule has 8 heteroatoms. The minimum atomic E-state index is -0.383. The number of nitrogens with one attached hydrogen (secondary N) is 1. The fourth-order valence-corrected chi connectivity index (χ4v) is 6.05. The summed E-state index contributed by atoms with van der Waals surface area (Å²) in [5.74, 6) is 3.33. The molecule has 2 fully saturated rings. The van der Waals surface area contributed by atoms with Crippen molar-refractivity contribution in [3.05, 3.63) is 46.8 Å². The van der Waals surface area contributed by atoms with Crippen LogP contribution in [0.1, 0.15) is 74.0 Å². The predicted molar refractivity (Wildman–Crippen MR) is 139 cm³/mol. The number of aromatic nitrogens is 3. The molecule has 1 saturated carbocycles. The largest absolute Gasteiger partial charge is 0.336 e. The number of thioether (sulfide) groups is 1. The summed E-state index contributed by atoms with van der Waals surface area (Å²) in [6.07, 6.45) is 16.2. The lowest BCUT2D eigenvalue weighted by Gasteiger charge is -2.27. The normalized spacial score (nSPS) is 17.5. The zero-order valence-electron chi connectivity index (χ0n) is 20.5. The van der Waals surface area contributed by atoms with Gasteiger partial charge in [-0.3, -0.25) is 9.69 Å². The van der Waals surface area contributed by atoms with Crippen LogP contribution in [0.5, 0.6) is 0 Å². The number of terminal acetylenes is 1. The second-order valence-electron chi connectivity index (χ2n) is 9.12. The van der Waals surface area contributed by atoms with Crippen LogP contribution < -0.4 is 5.32 Å². The first-order valence-electron chi connectivity index (χ1n) is 12.4. The number of carbonyl (C=O) groups is 2. The quantitative estimate of drug-likeness (QED) is 0.426. The summed E-state index contributed by atoms with van der Waals surface area (Å²) >= 11 is 1.44. The number of carbonyl (C=O) groups excluding carboxylic acids is 2. The van der Waals surface area contributed by atoms with E-state index in [4.69, 9.17) is 6.42 Å². The highest BCUT2D eigenvalue weighted by Gasteiger charge is 2.33. The number of nitrogens with zero attached hydrogens (tertiary/aromatic N) is 4. The Labute approximate surface area is 211 Å². The third-order valence-electron chi connectivity index (χ3n) is 6.80. The van der Waals surface area contributed by atoms with Gasteiger partial charge in [0.25, 0.3) is 0 Å². The smallest absolute Gasteiger partial charge is 0.324 e. The van der Waals surface area contributed by atoms with Crippen LogP contribution in [0, 0.1) is 19.3 Å². The molecule has 35 heavy (non-hydrogen) atoms. The van der Waals surface area contributed by atoms with E-state index in [1.807, 2.05) is 13.0 Å². The van der Waals surface area contributed by atoms with Crippen molar-refractivity contribution in [2.45, 2.75) is 75.2 Å². The summed E-state index contributed by atoms with van der Waals surface area (Å²) in [6.45, 7) is 4.97. The lowest BCUT2D eigenvalue weighted by Crippen LogP contribution is -2.40. The zero-order valence-corrected chi connectivity index (χ0v) is 21.3. The van der Waals surface area contributed by atoms with Gasteiger partial charge in [-0.05, 0) is 55.0 Å². The second-order valence-corrected chi connectivity index (χ2v) is 10.3. The van der Waals surface area contributed by atoms with Crippen LogP contribution in [-0.2, 0) is 11.2 Å². The highest BCUT2D eigenvalue weighted by Crippen LogP contribution is 2.36. The van der Waals surface area contributed by atoms with Gasteiger partial charge < -0.3 is 9.88 Å². The Kier molecular flexibility index (Phi) is 8.29. The number of hydrogen-bond donors (Lipinski definition) is 1. The summed E-state index contributed by atoms with van der Waals surface area (Å²) < 4.78 is 2.26. The van der Waals surface area contributed by atoms with Crippen molar-refractivity contribution >= 4 is 29.8 Å². The van der Waals surface area contributed by atoms with Crippen LogP contribution in [-0.4, -0.2) is 49.9 Å². The van der Waals surface area contributed by atoms with Gasteiger partial charge in [-0.15, -0.1) is 16.6 Å². The number of rotatable bonds is 8. The van der Waals surface area contributed by atoms with Crippen molar-refractivity contribution < 1.29 is 9.59 Å². The minimum Gasteiger partial charge on any atom is -0.336 e. The molecule has 1 aromatic carbocycles. The van der Waals surface area contributed by atoms with Crippen molar-refractivity contribution in [1.82, 2.24) is 25.0 Å². The first-order chi connectivity index (χ1) is 17.0. The lowest BCUT2D eigenvalue weighted by molar-refractivity contribution is -0.127. The maximum Gasteiger partial charge on any atom is 0.324 e. The molecule has 2 heterocycles. The third kappa shape index (κ3) is 5.62. The van der Waals surface area contributed by atoms with Crippen molar-refractivity contribution in [3.63, 3.8) is 0 Å². The van der Waals surface area contributed by atoms with Gasteiger partial charge in [0, 0.05) is 25.6 Å². The van der Waals surface area contributed by atoms with E-state index in [1.54, 1.807) is 6.08 Å². The maximum atomic E-state index is 13.1. The molecule has 1 saturated heterocycles. The van der Waals surface area contributed by atoms with Crippen LogP contribution in [0.15, 0.2) is 29.4 Å². The second kappa shape index (κ2) is 11.6. The van der Waals surface area contributed by atoms with E-state index in [0.29, 0.717) is 32.0 Å². The highest BCUT2D eigenvalue weighted by atomic mass is 32.2. The summed E-state index contributed by atoms with van der Waals surface area (Å²) in [5, 5.41) is 12.3. The number of hydrogen-bond acceptors (Lipinski definition) is 5. The molecule has 0 unspecified atom stereocenters. The van der Waals surface area contributed by atoms with Gasteiger partial charge in [-0.2, -0.15) is 0 Å².